The quantitative estimate of drug-likeness (QED) is 0.414. The van der Waals surface area contributed by atoms with Gasteiger partial charge in [0.15, 0.2) is 0 Å². The maximum Gasteiger partial charge on any atom is 0.416 e. The number of piperazine rings is 1. The highest BCUT2D eigenvalue weighted by molar-refractivity contribution is 5.89. The Balaban J connectivity index is 0.000000466. The predicted molar refractivity (Wildman–Crippen MR) is 122 cm³/mol. The van der Waals surface area contributed by atoms with Crippen LogP contribution in [0.5, 0.6) is 0 Å². The highest BCUT2D eigenvalue weighted by Crippen LogP contribution is 2.30. The molecule has 1 aromatic heterocycles. The minimum absolute atomic E-state index is 0.169. The van der Waals surface area contributed by atoms with Gasteiger partial charge in [-0.05, 0) is 37.9 Å². The van der Waals surface area contributed by atoms with Crippen molar-refractivity contribution in [2.75, 3.05) is 50.7 Å². The minimum Gasteiger partial charge on any atom is -0.478 e. The van der Waals surface area contributed by atoms with Gasteiger partial charge in [0.2, 0.25) is 5.91 Å². The molecule has 2 aliphatic heterocycles. The third-order valence-corrected chi connectivity index (χ3v) is 5.86. The number of halogens is 3. The van der Waals surface area contributed by atoms with E-state index < -0.39 is 23.7 Å². The fourth-order valence-electron chi connectivity index (χ4n) is 3.87. The second-order valence-corrected chi connectivity index (χ2v) is 8.46. The molecule has 194 valence electrons. The van der Waals surface area contributed by atoms with Crippen LogP contribution in [0.15, 0.2) is 30.5 Å². The van der Waals surface area contributed by atoms with Crippen molar-refractivity contribution >= 4 is 23.7 Å². The van der Waals surface area contributed by atoms with Gasteiger partial charge in [0.1, 0.15) is 5.82 Å². The summed E-state index contributed by atoms with van der Waals surface area (Å²) in [6.07, 6.45) is 0.988. The number of nitrogens with zero attached hydrogens (tertiary/aromatic N) is 4. The Bertz CT molecular complexity index is 885. The van der Waals surface area contributed by atoms with E-state index in [0.717, 1.165) is 64.1 Å². The van der Waals surface area contributed by atoms with E-state index in [9.17, 15) is 27.6 Å². The molecular weight excluding hydrogens is 469 g/mol. The molecule has 2 fully saturated rings. The molecule has 1 amide bonds. The van der Waals surface area contributed by atoms with Crippen LogP contribution in [0.2, 0.25) is 0 Å². The van der Waals surface area contributed by atoms with Crippen molar-refractivity contribution in [3.05, 3.63) is 36.0 Å². The first-order valence-electron chi connectivity index (χ1n) is 11.4. The Morgan fingerprint density at radius 2 is 1.66 bits per heavy atom. The summed E-state index contributed by atoms with van der Waals surface area (Å²) in [5, 5.41) is 15.6. The lowest BCUT2D eigenvalue weighted by molar-refractivity contribution is -0.137. The second kappa shape index (κ2) is 13.1. The molecule has 3 heterocycles. The molecule has 1 unspecified atom stereocenters. The Kier molecular flexibility index (Phi) is 10.5. The van der Waals surface area contributed by atoms with Gasteiger partial charge in [0, 0.05) is 63.5 Å². The summed E-state index contributed by atoms with van der Waals surface area (Å²) in [6.45, 7) is 7.64. The number of pyridine rings is 1. The van der Waals surface area contributed by atoms with Crippen molar-refractivity contribution in [3.63, 3.8) is 0 Å². The summed E-state index contributed by atoms with van der Waals surface area (Å²) in [5.74, 6) is -1.68. The van der Waals surface area contributed by atoms with Crippen LogP contribution >= 0.6 is 0 Å². The molecule has 2 saturated heterocycles. The van der Waals surface area contributed by atoms with Crippen LogP contribution < -0.4 is 4.90 Å². The number of carboxylic acid groups (broad SMARTS) is 2. The number of carboxylic acids is 2. The number of carbonyl (C=O) groups is 3. The van der Waals surface area contributed by atoms with Gasteiger partial charge in [-0.15, -0.1) is 0 Å². The molecule has 0 aliphatic carbocycles. The number of aromatic nitrogens is 1. The third kappa shape index (κ3) is 9.55. The van der Waals surface area contributed by atoms with Crippen LogP contribution in [-0.2, 0) is 20.6 Å². The van der Waals surface area contributed by atoms with Crippen molar-refractivity contribution < 1.29 is 37.8 Å². The van der Waals surface area contributed by atoms with E-state index in [0.29, 0.717) is 31.1 Å². The number of unbranched alkanes of at least 4 members (excludes halogenated alkanes) is 1. The molecule has 9 nitrogen and oxygen atoms in total. The van der Waals surface area contributed by atoms with Gasteiger partial charge >= 0.3 is 18.1 Å². The number of carbonyl (C=O) groups excluding carboxylic acids is 1. The molecule has 1 atom stereocenters. The molecule has 0 radical (unpaired) electrons. The van der Waals surface area contributed by atoms with Gasteiger partial charge in [0.25, 0.3) is 0 Å². The Morgan fingerprint density at radius 3 is 2.17 bits per heavy atom. The highest BCUT2D eigenvalue weighted by atomic mass is 19.4. The van der Waals surface area contributed by atoms with Crippen LogP contribution in [0, 0.1) is 5.92 Å². The molecule has 12 heteroatoms. The fourth-order valence-corrected chi connectivity index (χ4v) is 3.87. The lowest BCUT2D eigenvalue weighted by Crippen LogP contribution is -2.47. The van der Waals surface area contributed by atoms with Gasteiger partial charge < -0.3 is 20.0 Å². The summed E-state index contributed by atoms with van der Waals surface area (Å²) in [4.78, 5) is 41.3. The van der Waals surface area contributed by atoms with Gasteiger partial charge in [-0.1, -0.05) is 6.92 Å². The summed E-state index contributed by atoms with van der Waals surface area (Å²) in [6, 6.07) is 2.13. The fraction of sp³-hybridized carbons (Fsp3) is 0.565. The number of amides is 1. The van der Waals surface area contributed by atoms with Crippen LogP contribution in [0.25, 0.3) is 0 Å². The van der Waals surface area contributed by atoms with Crippen molar-refractivity contribution in [2.45, 2.75) is 32.4 Å². The molecule has 2 N–H and O–H groups in total. The highest BCUT2D eigenvalue weighted by Gasteiger charge is 2.31. The number of likely N-dealkylation sites (tertiary alicyclic amines) is 1. The third-order valence-electron chi connectivity index (χ3n) is 5.86. The van der Waals surface area contributed by atoms with E-state index in [1.54, 1.807) is 0 Å². The number of hydrogen-bond acceptors (Lipinski definition) is 6. The van der Waals surface area contributed by atoms with Crippen molar-refractivity contribution in [1.82, 2.24) is 14.8 Å². The van der Waals surface area contributed by atoms with Crippen LogP contribution in [0.4, 0.5) is 19.0 Å². The lowest BCUT2D eigenvalue weighted by Gasteiger charge is -2.35. The van der Waals surface area contributed by atoms with E-state index in [2.05, 4.69) is 9.88 Å². The van der Waals surface area contributed by atoms with Gasteiger partial charge in [-0.3, -0.25) is 9.69 Å². The van der Waals surface area contributed by atoms with E-state index in [4.69, 9.17) is 10.2 Å². The smallest absolute Gasteiger partial charge is 0.416 e. The first-order valence-corrected chi connectivity index (χ1v) is 11.4. The Labute approximate surface area is 201 Å². The molecule has 1 aromatic rings. The summed E-state index contributed by atoms with van der Waals surface area (Å²) >= 11 is 0. The second-order valence-electron chi connectivity index (χ2n) is 8.46. The number of aliphatic carboxylic acids is 2. The largest absolute Gasteiger partial charge is 0.478 e. The van der Waals surface area contributed by atoms with E-state index in [-0.39, 0.29) is 11.8 Å². The van der Waals surface area contributed by atoms with Crippen LogP contribution in [0.1, 0.15) is 31.7 Å². The molecule has 35 heavy (non-hydrogen) atoms. The topological polar surface area (TPSA) is 114 Å². The van der Waals surface area contributed by atoms with Crippen LogP contribution in [0.3, 0.4) is 0 Å². The molecule has 3 rings (SSSR count). The van der Waals surface area contributed by atoms with E-state index in [1.807, 2.05) is 16.7 Å². The zero-order valence-electron chi connectivity index (χ0n) is 19.6. The average Bonchev–Trinajstić information content (AvgIpc) is 3.13. The Hall–Kier alpha value is -3.15. The van der Waals surface area contributed by atoms with Gasteiger partial charge in [-0.25, -0.2) is 14.6 Å². The number of alkyl halides is 3. The molecule has 0 saturated carbocycles. The SMILES string of the molecule is CC1CCN(CCCCN2CCN(c3cc(C(F)(F)F)ccn3)CC2)C1=O.O=C(O)/C=C/C(=O)O. The standard InChI is InChI=1S/C19H27F3N4O.C4H4O4/c1-15-5-9-26(18(15)27)8-3-2-7-24-10-12-25(13-11-24)17-14-16(4-6-23-17)19(20,21)22;5-3(6)1-2-4(7)8/h4,6,14-15H,2-3,5,7-13H2,1H3;1-2H,(H,5,6)(H,7,8)/b;2-1+. The van der Waals surface area contributed by atoms with Gasteiger partial charge in [0.05, 0.1) is 5.56 Å². The molecule has 0 spiro atoms. The number of rotatable bonds is 8. The molecule has 0 bridgehead atoms. The van der Waals surface area contributed by atoms with Crippen LogP contribution in [-0.4, -0.2) is 88.7 Å². The zero-order valence-corrected chi connectivity index (χ0v) is 19.6. The molecular formula is C23H31F3N4O5. The monoisotopic (exact) mass is 500 g/mol. The maximum atomic E-state index is 12.8. The Morgan fingerprint density at radius 1 is 1.06 bits per heavy atom. The lowest BCUT2D eigenvalue weighted by atomic mass is 10.1. The number of anilines is 1. The summed E-state index contributed by atoms with van der Waals surface area (Å²) in [5.41, 5.74) is -0.652. The van der Waals surface area contributed by atoms with Gasteiger partial charge in [-0.2, -0.15) is 13.2 Å². The van der Waals surface area contributed by atoms with E-state index >= 15 is 0 Å². The zero-order chi connectivity index (χ0) is 26.0. The average molecular weight is 501 g/mol. The normalized spacial score (nSPS) is 19.1. The van der Waals surface area contributed by atoms with Crippen molar-refractivity contribution in [3.8, 4) is 0 Å². The minimum atomic E-state index is -4.34. The number of hydrogen-bond donors (Lipinski definition) is 2. The maximum absolute atomic E-state index is 12.8. The predicted octanol–water partition coefficient (Wildman–Crippen LogP) is 2.58. The van der Waals surface area contributed by atoms with Crippen molar-refractivity contribution in [1.29, 1.82) is 0 Å². The summed E-state index contributed by atoms with van der Waals surface area (Å²) < 4.78 is 38.5. The molecule has 2 aliphatic rings. The van der Waals surface area contributed by atoms with Crippen molar-refractivity contribution in [2.24, 2.45) is 5.92 Å². The first kappa shape index (κ1) is 28.1. The van der Waals surface area contributed by atoms with E-state index in [1.165, 1.54) is 6.20 Å². The summed E-state index contributed by atoms with van der Waals surface area (Å²) in [7, 11) is 0. The molecule has 0 aromatic carbocycles. The first-order chi connectivity index (χ1) is 16.5.